The van der Waals surface area contributed by atoms with Crippen LogP contribution in [0.2, 0.25) is 0 Å². The first kappa shape index (κ1) is 84.8. The molecule has 6 aromatic carbocycles. The number of aromatic nitrogens is 8. The number of amides is 7. The highest BCUT2D eigenvalue weighted by Gasteiger charge is 2.39. The van der Waals surface area contributed by atoms with Crippen molar-refractivity contribution in [2.75, 3.05) is 84.5 Å². The van der Waals surface area contributed by atoms with Gasteiger partial charge in [0.05, 0.1) is 84.1 Å². The first-order chi connectivity index (χ1) is 54.8. The molecule has 35 heteroatoms. The second kappa shape index (κ2) is 35.8. The molecule has 4 aliphatic rings. The van der Waals surface area contributed by atoms with Crippen molar-refractivity contribution in [2.45, 2.75) is 95.2 Å². The molecule has 10 aromatic rings. The number of carbonyl (C=O) groups excluding carboxylic acids is 7. The number of aryl methyl sites for hydroxylation is 4. The summed E-state index contributed by atoms with van der Waals surface area (Å²) in [6, 6.07) is 32.5. The number of aliphatic carboxylic acids is 1. The highest BCUT2D eigenvalue weighted by atomic mass is 32.8. The number of fused-ring (bicyclic) bond motifs is 10. The van der Waals surface area contributed by atoms with Crippen LogP contribution in [0.15, 0.2) is 132 Å². The normalized spacial score (nSPS) is 14.7. The molecule has 14 rings (SSSR count). The number of nitrogens with two attached hydrogens (primary N) is 1. The fourth-order valence-corrected chi connectivity index (χ4v) is 14.0. The van der Waals surface area contributed by atoms with Gasteiger partial charge in [0.1, 0.15) is 5.82 Å². The molecule has 0 saturated carbocycles. The topological polar surface area (TPSA) is 382 Å². The molecule has 4 atom stereocenters. The van der Waals surface area contributed by atoms with Gasteiger partial charge in [0, 0.05) is 136 Å². The molecule has 4 aliphatic heterocycles. The highest BCUT2D eigenvalue weighted by Crippen LogP contribution is 2.43. The zero-order valence-corrected chi connectivity index (χ0v) is 68.6. The molecule has 0 spiro atoms. The average molecular weight is 1650 g/mol. The van der Waals surface area contributed by atoms with Gasteiger partial charge in [-0.2, -0.15) is 0 Å². The number of hydrogen-bond acceptors (Lipinski definition) is 21. The van der Waals surface area contributed by atoms with Gasteiger partial charge in [-0.05, 0) is 125 Å². The van der Waals surface area contributed by atoms with Crippen molar-refractivity contribution in [3.05, 3.63) is 167 Å². The number of para-hydroxylation sites is 2. The molecule has 0 fully saturated rings. The number of imidazole rings is 4. The SMILES string of the molecule is C.COc1cc2c(cc1OCCCC(=O)Nc1cn(C)c(C(=O)Nc3ccc4nc(C(=O)NCC(C)(C)S(C)=S)n(C)c4c3)n1)N=C[C@@H]1Cc3ccccc3N1C2=O.COc1cc2c(cc1OCCCC(=O)O)N=C[C@@H]1Cc3ccccc3N1C2=O.Cn1cc(N)nc1C(=O)Nc1ccc2nc(C(=O)NCC(C)(C)S(C)=S)n(C)c2c1. The Balaban J connectivity index is 0.000000188. The minimum absolute atomic E-state index is 0. The van der Waals surface area contributed by atoms with Crippen LogP contribution >= 0.6 is 0 Å². The number of carboxylic acid groups (broad SMARTS) is 1. The average Bonchev–Trinajstić information content (AvgIpc) is 1.60. The lowest BCUT2D eigenvalue weighted by atomic mass is 10.1. The number of hydrogen-bond donors (Lipinski definition) is 7. The number of methoxy groups -OCH3 is 2. The molecule has 608 valence electrons. The third kappa shape index (κ3) is 18.7. The van der Waals surface area contributed by atoms with E-state index in [1.165, 1.54) is 18.8 Å². The first-order valence-corrected chi connectivity index (χ1v) is 41.7. The van der Waals surface area contributed by atoms with Gasteiger partial charge in [0.25, 0.3) is 35.4 Å². The number of nitrogens with zero attached hydrogens (tertiary/aromatic N) is 12. The second-order valence-corrected chi connectivity index (χ2v) is 35.9. The molecule has 0 bridgehead atoms. The van der Waals surface area contributed by atoms with E-state index in [1.54, 1.807) is 137 Å². The molecular weight excluding hydrogens is 1560 g/mol. The standard InChI is InChI=1S/C40H43N9O6S2.C21H20N2O5.C19H25N7O2S2.CH4/c1-40(2,57(6)56)22-42-37(51)36-44-27-14-13-24(17-30(27)48(36)4)43-38(52)35-46-33(21-47(35)3)45-34(50)12-9-15-55-32-19-28-26(18-31(32)54-5)39(53)49-25(20-41-28)16-23-10-7-8-11-29(23)49;1-27-18-10-15-16(11-19(18)28-8-4-7-20(24)25)22-12-14-9-13-5-2-3-6-17(13)23(14)21(15)26;1-19(2,30(5)29)10-21-17(27)16-23-12-7-6-11(8-13(12)26(16)4)22-18(28)15-24-14(20)9-25(15)3;/h7-8,10-11,13-14,17-21,25H,9,12,15-16,22H2,1-6H3,(H,42,51)(H,43,52)(H,45,50);2-3,5-6,10-12,14H,4,7-9H2,1H3,(H,24,25);6-9H,10,20H2,1-5H3,(H,21,27)(H,22,28);1H4/t25-,57?;14-;;/m00../s1. The van der Waals surface area contributed by atoms with Gasteiger partial charge in [-0.25, -0.2) is 19.9 Å². The highest BCUT2D eigenvalue weighted by molar-refractivity contribution is 8.29. The van der Waals surface area contributed by atoms with E-state index in [2.05, 4.69) is 56.5 Å². The fraction of sp³-hybridized carbons (Fsp3) is 0.333. The first-order valence-electron chi connectivity index (χ1n) is 36.6. The van der Waals surface area contributed by atoms with Crippen LogP contribution in [0.25, 0.3) is 22.1 Å². The van der Waals surface area contributed by atoms with E-state index >= 15 is 0 Å². The summed E-state index contributed by atoms with van der Waals surface area (Å²) in [5.74, 6) is 0.0789. The number of nitrogen functional groups attached to an aromatic ring is 1. The Labute approximate surface area is 684 Å². The monoisotopic (exact) mass is 1650 g/mol. The maximum Gasteiger partial charge on any atom is 0.303 e. The molecule has 116 heavy (non-hydrogen) atoms. The number of anilines is 6. The third-order valence-corrected chi connectivity index (χ3v) is 26.0. The summed E-state index contributed by atoms with van der Waals surface area (Å²) in [7, 11) is 9.30. The molecule has 0 aliphatic carbocycles. The van der Waals surface area contributed by atoms with Crippen molar-refractivity contribution >= 4 is 169 Å². The summed E-state index contributed by atoms with van der Waals surface area (Å²) < 4.78 is 28.7. The van der Waals surface area contributed by atoms with Crippen LogP contribution < -0.4 is 61.1 Å². The molecule has 4 aromatic heterocycles. The lowest BCUT2D eigenvalue weighted by molar-refractivity contribution is -0.137. The number of nitrogens with one attached hydrogen (secondary N) is 5. The van der Waals surface area contributed by atoms with Crippen molar-refractivity contribution in [1.82, 2.24) is 48.8 Å². The Morgan fingerprint density at radius 3 is 1.41 bits per heavy atom. The maximum absolute atomic E-state index is 13.7. The van der Waals surface area contributed by atoms with Gasteiger partial charge >= 0.3 is 5.97 Å². The van der Waals surface area contributed by atoms with Crippen molar-refractivity contribution in [1.29, 1.82) is 0 Å². The largest absolute Gasteiger partial charge is 0.493 e. The predicted octanol–water partition coefficient (Wildman–Crippen LogP) is 10.1. The van der Waals surface area contributed by atoms with Crippen LogP contribution in [0.3, 0.4) is 0 Å². The second-order valence-electron chi connectivity index (χ2n) is 28.9. The minimum Gasteiger partial charge on any atom is -0.493 e. The van der Waals surface area contributed by atoms with Gasteiger partial charge < -0.3 is 74.6 Å². The van der Waals surface area contributed by atoms with Crippen molar-refractivity contribution in [2.24, 2.45) is 38.2 Å². The smallest absolute Gasteiger partial charge is 0.303 e. The Kier molecular flexibility index (Phi) is 26.1. The summed E-state index contributed by atoms with van der Waals surface area (Å²) in [5, 5.41) is 23.0. The number of aliphatic imine (C=N–C) groups is 2. The molecule has 31 nitrogen and oxygen atoms in total. The van der Waals surface area contributed by atoms with E-state index < -0.39 is 11.9 Å². The van der Waals surface area contributed by atoms with E-state index in [1.807, 2.05) is 88.7 Å². The minimum atomic E-state index is -0.867. The van der Waals surface area contributed by atoms with Crippen molar-refractivity contribution in [3.8, 4) is 23.0 Å². The Bertz CT molecular complexity index is 5650. The summed E-state index contributed by atoms with van der Waals surface area (Å²) in [4.78, 5) is 132. The number of ether oxygens (including phenoxy) is 4. The molecule has 2 unspecified atom stereocenters. The molecule has 7 amide bonds. The van der Waals surface area contributed by atoms with Crippen LogP contribution in [0.1, 0.15) is 135 Å². The van der Waals surface area contributed by atoms with Crippen LogP contribution in [-0.4, -0.2) is 178 Å². The number of carbonyl (C=O) groups is 8. The summed E-state index contributed by atoms with van der Waals surface area (Å²) in [6.45, 7) is 9.41. The van der Waals surface area contributed by atoms with Gasteiger partial charge in [-0.1, -0.05) is 66.2 Å². The molecule has 8 heterocycles. The number of rotatable bonds is 25. The van der Waals surface area contributed by atoms with E-state index in [-0.39, 0.29) is 139 Å². The maximum atomic E-state index is 13.7. The summed E-state index contributed by atoms with van der Waals surface area (Å²) >= 11 is 10.8. The van der Waals surface area contributed by atoms with Crippen LogP contribution in [0.5, 0.6) is 23.0 Å². The van der Waals surface area contributed by atoms with E-state index in [0.29, 0.717) is 112 Å². The molecule has 8 N–H and O–H groups in total. The van der Waals surface area contributed by atoms with E-state index in [9.17, 15) is 38.4 Å². The van der Waals surface area contributed by atoms with Crippen LogP contribution in [0, 0.1) is 0 Å². The number of carboxylic acids is 1. The quantitative estimate of drug-likeness (QED) is 0.0261. The van der Waals surface area contributed by atoms with Crippen molar-refractivity contribution in [3.63, 3.8) is 0 Å². The predicted molar refractivity (Wildman–Crippen MR) is 459 cm³/mol. The zero-order valence-electron chi connectivity index (χ0n) is 65.4. The Hall–Kier alpha value is -12.1. The Morgan fingerprint density at radius 2 is 0.983 bits per heavy atom. The summed E-state index contributed by atoms with van der Waals surface area (Å²) in [5.41, 5.74) is 15.2. The molecule has 0 saturated heterocycles. The van der Waals surface area contributed by atoms with Crippen LogP contribution in [0.4, 0.5) is 45.8 Å². The van der Waals surface area contributed by atoms with Gasteiger partial charge in [0.15, 0.2) is 40.5 Å². The third-order valence-electron chi connectivity index (χ3n) is 19.9. The number of benzene rings is 6. The van der Waals surface area contributed by atoms with Gasteiger partial charge in [-0.15, -0.1) is 18.9 Å². The fourth-order valence-electron chi connectivity index (χ4n) is 13.1. The van der Waals surface area contributed by atoms with Gasteiger partial charge in [-0.3, -0.25) is 58.1 Å². The summed E-state index contributed by atoms with van der Waals surface area (Å²) in [6.07, 6.45) is 13.0. The van der Waals surface area contributed by atoms with Gasteiger partial charge in [0.2, 0.25) is 17.6 Å². The molecule has 0 radical (unpaired) electrons. The molecular formula is C81H92N18O13S4. The van der Waals surface area contributed by atoms with E-state index in [0.717, 1.165) is 34.4 Å². The van der Waals surface area contributed by atoms with Crippen molar-refractivity contribution < 1.29 is 62.4 Å². The van der Waals surface area contributed by atoms with E-state index in [4.69, 9.17) is 52.2 Å². The lowest BCUT2D eigenvalue weighted by Gasteiger charge is -2.24. The zero-order chi connectivity index (χ0) is 82.5. The lowest BCUT2D eigenvalue weighted by Crippen LogP contribution is -2.41. The van der Waals surface area contributed by atoms with Crippen LogP contribution in [-0.2, 0) is 91.9 Å². The Morgan fingerprint density at radius 1 is 0.552 bits per heavy atom.